The molecular formula is C17H23NO2S. The molecule has 1 aliphatic heterocycles. The van der Waals surface area contributed by atoms with Gasteiger partial charge in [-0.25, -0.2) is 8.42 Å². The van der Waals surface area contributed by atoms with Crippen LogP contribution >= 0.6 is 0 Å². The Bertz CT molecular complexity index is 677. The molecule has 21 heavy (non-hydrogen) atoms. The van der Waals surface area contributed by atoms with Crippen LogP contribution in [-0.2, 0) is 10.0 Å². The van der Waals surface area contributed by atoms with E-state index in [2.05, 4.69) is 0 Å². The molecule has 114 valence electrons. The lowest BCUT2D eigenvalue weighted by Crippen LogP contribution is -2.37. The number of hydrogen-bond acceptors (Lipinski definition) is 2. The molecule has 1 aliphatic carbocycles. The van der Waals surface area contributed by atoms with Crippen molar-refractivity contribution < 1.29 is 8.42 Å². The number of hydrogen-bond donors (Lipinski definition) is 0. The van der Waals surface area contributed by atoms with Crippen LogP contribution in [0.1, 0.15) is 42.4 Å². The second kappa shape index (κ2) is 5.25. The topological polar surface area (TPSA) is 37.4 Å². The SMILES string of the molecule is Cc1cc(C)c(S(=O)(=O)N2CCC(=C3CC3)CC2)c(C)c1. The molecule has 2 fully saturated rings. The molecule has 0 unspecified atom stereocenters. The van der Waals surface area contributed by atoms with Crippen LogP contribution in [0.4, 0.5) is 0 Å². The third-order valence-corrected chi connectivity index (χ3v) is 6.73. The summed E-state index contributed by atoms with van der Waals surface area (Å²) in [6.45, 7) is 7.07. The molecule has 4 heteroatoms. The zero-order chi connectivity index (χ0) is 15.2. The largest absolute Gasteiger partial charge is 0.243 e. The molecule has 0 atom stereocenters. The van der Waals surface area contributed by atoms with Gasteiger partial charge in [-0.2, -0.15) is 4.31 Å². The predicted octanol–water partition coefficient (Wildman–Crippen LogP) is 3.49. The second-order valence-electron chi connectivity index (χ2n) is 6.34. The minimum absolute atomic E-state index is 0.510. The third-order valence-electron chi connectivity index (χ3n) is 4.53. The zero-order valence-electron chi connectivity index (χ0n) is 13.1. The van der Waals surface area contributed by atoms with Crippen molar-refractivity contribution >= 4 is 10.0 Å². The number of allylic oxidation sites excluding steroid dienone is 1. The van der Waals surface area contributed by atoms with Crippen LogP contribution in [0, 0.1) is 20.8 Å². The minimum Gasteiger partial charge on any atom is -0.207 e. The summed E-state index contributed by atoms with van der Waals surface area (Å²) in [6, 6.07) is 3.92. The predicted molar refractivity (Wildman–Crippen MR) is 84.9 cm³/mol. The van der Waals surface area contributed by atoms with Gasteiger partial charge in [-0.1, -0.05) is 28.8 Å². The lowest BCUT2D eigenvalue weighted by Gasteiger charge is -2.29. The van der Waals surface area contributed by atoms with Gasteiger partial charge in [0, 0.05) is 13.1 Å². The van der Waals surface area contributed by atoms with E-state index in [0.29, 0.717) is 18.0 Å². The Morgan fingerprint density at radius 2 is 1.33 bits per heavy atom. The maximum Gasteiger partial charge on any atom is 0.243 e. The maximum absolute atomic E-state index is 12.9. The summed E-state index contributed by atoms with van der Waals surface area (Å²) in [5, 5.41) is 0. The first-order valence-corrected chi connectivity index (χ1v) is 9.11. The number of rotatable bonds is 2. The van der Waals surface area contributed by atoms with Crippen molar-refractivity contribution in [2.24, 2.45) is 0 Å². The van der Waals surface area contributed by atoms with Crippen LogP contribution in [0.5, 0.6) is 0 Å². The van der Waals surface area contributed by atoms with E-state index in [1.165, 1.54) is 18.4 Å². The van der Waals surface area contributed by atoms with Gasteiger partial charge in [0.15, 0.2) is 0 Å². The molecule has 1 aromatic rings. The van der Waals surface area contributed by atoms with Crippen molar-refractivity contribution in [3.63, 3.8) is 0 Å². The van der Waals surface area contributed by atoms with E-state index in [4.69, 9.17) is 0 Å². The number of benzene rings is 1. The fraction of sp³-hybridized carbons (Fsp3) is 0.529. The molecule has 0 bridgehead atoms. The molecule has 1 saturated heterocycles. The summed E-state index contributed by atoms with van der Waals surface area (Å²) in [4.78, 5) is 0.510. The molecular weight excluding hydrogens is 282 g/mol. The number of piperidine rings is 1. The van der Waals surface area contributed by atoms with E-state index in [-0.39, 0.29) is 0 Å². The smallest absolute Gasteiger partial charge is 0.207 e. The first kappa shape index (κ1) is 14.8. The summed E-state index contributed by atoms with van der Waals surface area (Å²) >= 11 is 0. The Morgan fingerprint density at radius 1 is 0.857 bits per heavy atom. The minimum atomic E-state index is -3.36. The number of sulfonamides is 1. The fourth-order valence-corrected chi connectivity index (χ4v) is 5.32. The molecule has 3 nitrogen and oxygen atoms in total. The molecule has 1 saturated carbocycles. The average Bonchev–Trinajstić information content (AvgIpc) is 3.21. The maximum atomic E-state index is 12.9. The first-order chi connectivity index (χ1) is 9.89. The van der Waals surface area contributed by atoms with Gasteiger partial charge in [0.05, 0.1) is 4.90 Å². The van der Waals surface area contributed by atoms with E-state index in [1.807, 2.05) is 32.9 Å². The van der Waals surface area contributed by atoms with Crippen molar-refractivity contribution in [1.29, 1.82) is 0 Å². The quantitative estimate of drug-likeness (QED) is 0.784. The van der Waals surface area contributed by atoms with Gasteiger partial charge in [-0.3, -0.25) is 0 Å². The van der Waals surface area contributed by atoms with Gasteiger partial charge in [0.25, 0.3) is 0 Å². The van der Waals surface area contributed by atoms with Crippen molar-refractivity contribution in [1.82, 2.24) is 4.31 Å². The monoisotopic (exact) mass is 305 g/mol. The Hall–Kier alpha value is -1.13. The van der Waals surface area contributed by atoms with Crippen LogP contribution in [0.25, 0.3) is 0 Å². The number of nitrogens with zero attached hydrogens (tertiary/aromatic N) is 1. The van der Waals surface area contributed by atoms with Crippen LogP contribution < -0.4 is 0 Å². The summed E-state index contributed by atoms with van der Waals surface area (Å²) in [5.74, 6) is 0. The molecule has 0 aromatic heterocycles. The van der Waals surface area contributed by atoms with Gasteiger partial charge in [0.2, 0.25) is 10.0 Å². The fourth-order valence-electron chi connectivity index (χ4n) is 3.47. The molecule has 1 aromatic carbocycles. The molecule has 0 amide bonds. The van der Waals surface area contributed by atoms with Crippen molar-refractivity contribution in [2.45, 2.75) is 51.3 Å². The summed E-state index contributed by atoms with van der Waals surface area (Å²) in [6.07, 6.45) is 4.30. The van der Waals surface area contributed by atoms with E-state index < -0.39 is 10.0 Å². The number of aryl methyl sites for hydroxylation is 3. The standard InChI is InChI=1S/C17H23NO2S/c1-12-10-13(2)17(14(3)11-12)21(19,20)18-8-6-16(7-9-18)15-4-5-15/h10-11H,4-9H2,1-3H3. The molecule has 2 aliphatic rings. The molecule has 0 spiro atoms. The van der Waals surface area contributed by atoms with E-state index in [0.717, 1.165) is 29.5 Å². The summed E-state index contributed by atoms with van der Waals surface area (Å²) in [5.41, 5.74) is 5.93. The molecule has 1 heterocycles. The van der Waals surface area contributed by atoms with E-state index >= 15 is 0 Å². The highest BCUT2D eigenvalue weighted by atomic mass is 32.2. The highest BCUT2D eigenvalue weighted by Crippen LogP contribution is 2.37. The van der Waals surface area contributed by atoms with E-state index in [9.17, 15) is 8.42 Å². The Labute approximate surface area is 127 Å². The Morgan fingerprint density at radius 3 is 1.81 bits per heavy atom. The van der Waals surface area contributed by atoms with Crippen molar-refractivity contribution in [2.75, 3.05) is 13.1 Å². The Kier molecular flexibility index (Phi) is 3.70. The van der Waals surface area contributed by atoms with Gasteiger partial charge in [-0.05, 0) is 57.6 Å². The van der Waals surface area contributed by atoms with Gasteiger partial charge in [-0.15, -0.1) is 0 Å². The molecule has 3 rings (SSSR count). The highest BCUT2D eigenvalue weighted by Gasteiger charge is 2.31. The zero-order valence-corrected chi connectivity index (χ0v) is 13.9. The van der Waals surface area contributed by atoms with Gasteiger partial charge < -0.3 is 0 Å². The molecule has 0 radical (unpaired) electrons. The second-order valence-corrected chi connectivity index (χ2v) is 8.21. The van der Waals surface area contributed by atoms with E-state index in [1.54, 1.807) is 9.88 Å². The van der Waals surface area contributed by atoms with Crippen LogP contribution in [-0.4, -0.2) is 25.8 Å². The van der Waals surface area contributed by atoms with Crippen LogP contribution in [0.15, 0.2) is 28.2 Å². The highest BCUT2D eigenvalue weighted by molar-refractivity contribution is 7.89. The van der Waals surface area contributed by atoms with Crippen molar-refractivity contribution in [3.8, 4) is 0 Å². The Balaban J connectivity index is 1.89. The normalized spacial score (nSPS) is 20.0. The van der Waals surface area contributed by atoms with Gasteiger partial charge >= 0.3 is 0 Å². The third kappa shape index (κ3) is 2.79. The summed E-state index contributed by atoms with van der Waals surface area (Å²) in [7, 11) is -3.36. The first-order valence-electron chi connectivity index (χ1n) is 7.67. The average molecular weight is 305 g/mol. The molecule has 0 N–H and O–H groups in total. The van der Waals surface area contributed by atoms with Crippen molar-refractivity contribution in [3.05, 3.63) is 40.0 Å². The lowest BCUT2D eigenvalue weighted by molar-refractivity contribution is 0.385. The van der Waals surface area contributed by atoms with Gasteiger partial charge in [0.1, 0.15) is 0 Å². The van der Waals surface area contributed by atoms with Crippen LogP contribution in [0.2, 0.25) is 0 Å². The van der Waals surface area contributed by atoms with Crippen LogP contribution in [0.3, 0.4) is 0 Å². The lowest BCUT2D eigenvalue weighted by atomic mass is 10.1. The summed E-state index contributed by atoms with van der Waals surface area (Å²) < 4.78 is 27.6.